The number of carbonyl (C=O) groups excluding carboxylic acids is 2. The molecule has 2 aliphatic rings. The van der Waals surface area contributed by atoms with Crippen molar-refractivity contribution >= 4 is 12.2 Å². The lowest BCUT2D eigenvalue weighted by Gasteiger charge is -2.35. The van der Waals surface area contributed by atoms with Crippen molar-refractivity contribution in [2.75, 3.05) is 19.8 Å². The molecule has 1 saturated carbocycles. The molecule has 0 radical (unpaired) electrons. The zero-order valence-electron chi connectivity index (χ0n) is 13.2. The molecular formula is C15H24N2O5. The zero-order chi connectivity index (χ0) is 16.1. The number of amides is 2. The molecule has 2 rings (SSSR count). The third kappa shape index (κ3) is 3.04. The van der Waals surface area contributed by atoms with E-state index in [9.17, 15) is 9.59 Å². The Morgan fingerprint density at radius 3 is 2.05 bits per heavy atom. The molecule has 1 aliphatic carbocycles. The highest BCUT2D eigenvalue weighted by Gasteiger charge is 2.53. The summed E-state index contributed by atoms with van der Waals surface area (Å²) in [6, 6.07) is -0.292. The molecule has 7 nitrogen and oxygen atoms in total. The first-order valence-corrected chi connectivity index (χ1v) is 7.88. The van der Waals surface area contributed by atoms with Gasteiger partial charge < -0.3 is 14.6 Å². The van der Waals surface area contributed by atoms with Crippen molar-refractivity contribution in [3.63, 3.8) is 0 Å². The van der Waals surface area contributed by atoms with Gasteiger partial charge in [-0.3, -0.25) is 0 Å². The van der Waals surface area contributed by atoms with Gasteiger partial charge in [0.2, 0.25) is 0 Å². The minimum atomic E-state index is -0.518. The number of rotatable bonds is 5. The molecule has 7 heteroatoms. The standard InChI is InChI=1S/C15H24N2O5/c1-3-21-14(19)16-12-8-9-13(11(12)7-5-6-10-18)17(16)15(20)22-4-2/h7,12-13,18H,3-6,8-10H2,1-2H3. The zero-order valence-corrected chi connectivity index (χ0v) is 13.2. The maximum atomic E-state index is 12.2. The number of hydrogen-bond acceptors (Lipinski definition) is 5. The molecule has 2 unspecified atom stereocenters. The predicted molar refractivity (Wildman–Crippen MR) is 78.9 cm³/mol. The number of carbonyl (C=O) groups is 2. The van der Waals surface area contributed by atoms with E-state index in [1.54, 1.807) is 13.8 Å². The van der Waals surface area contributed by atoms with Gasteiger partial charge in [-0.2, -0.15) is 0 Å². The molecule has 0 aromatic heterocycles. The van der Waals surface area contributed by atoms with Crippen LogP contribution in [0.15, 0.2) is 11.6 Å². The molecule has 0 spiro atoms. The summed E-state index contributed by atoms with van der Waals surface area (Å²) in [5.41, 5.74) is 1.05. The van der Waals surface area contributed by atoms with E-state index in [2.05, 4.69) is 0 Å². The van der Waals surface area contributed by atoms with E-state index in [0.29, 0.717) is 6.42 Å². The Hall–Kier alpha value is -1.76. The summed E-state index contributed by atoms with van der Waals surface area (Å²) in [4.78, 5) is 24.4. The fourth-order valence-corrected chi connectivity index (χ4v) is 3.14. The highest BCUT2D eigenvalue weighted by atomic mass is 16.6. The number of fused-ring (bicyclic) bond motifs is 2. The molecule has 2 atom stereocenters. The number of allylic oxidation sites excluding steroid dienone is 1. The van der Waals surface area contributed by atoms with Crippen LogP contribution in [0.4, 0.5) is 9.59 Å². The Morgan fingerprint density at radius 2 is 1.64 bits per heavy atom. The normalized spacial score (nSPS) is 23.0. The van der Waals surface area contributed by atoms with Gasteiger partial charge in [-0.15, -0.1) is 0 Å². The van der Waals surface area contributed by atoms with Crippen molar-refractivity contribution in [1.29, 1.82) is 0 Å². The predicted octanol–water partition coefficient (Wildman–Crippen LogP) is 2.06. The van der Waals surface area contributed by atoms with E-state index in [0.717, 1.165) is 24.8 Å². The third-order valence-electron chi connectivity index (χ3n) is 3.96. The smallest absolute Gasteiger partial charge is 0.429 e. The number of hydrogen-bond donors (Lipinski definition) is 1. The first-order valence-electron chi connectivity index (χ1n) is 7.88. The molecule has 0 aromatic rings. The van der Waals surface area contributed by atoms with E-state index in [4.69, 9.17) is 14.6 Å². The van der Waals surface area contributed by atoms with Crippen LogP contribution < -0.4 is 0 Å². The van der Waals surface area contributed by atoms with Crippen LogP contribution in [0.5, 0.6) is 0 Å². The minimum Gasteiger partial charge on any atom is -0.448 e. The SMILES string of the molecule is CCOC(=O)N1C2CCC(C2=CCCCO)N1C(=O)OCC. The first-order chi connectivity index (χ1) is 10.7. The molecule has 2 bridgehead atoms. The van der Waals surface area contributed by atoms with Crippen LogP contribution in [0.1, 0.15) is 39.5 Å². The fourth-order valence-electron chi connectivity index (χ4n) is 3.14. The van der Waals surface area contributed by atoms with Crippen LogP contribution in [-0.4, -0.2) is 59.2 Å². The van der Waals surface area contributed by atoms with Crippen LogP contribution in [0.25, 0.3) is 0 Å². The van der Waals surface area contributed by atoms with Gasteiger partial charge in [-0.05, 0) is 45.1 Å². The quantitative estimate of drug-likeness (QED) is 0.621. The molecule has 22 heavy (non-hydrogen) atoms. The summed E-state index contributed by atoms with van der Waals surface area (Å²) < 4.78 is 10.2. The number of ether oxygens (including phenoxy) is 2. The molecule has 1 N–H and O–H groups in total. The lowest BCUT2D eigenvalue weighted by Crippen LogP contribution is -2.53. The van der Waals surface area contributed by atoms with Crippen LogP contribution in [0, 0.1) is 0 Å². The van der Waals surface area contributed by atoms with Gasteiger partial charge in [0.25, 0.3) is 0 Å². The van der Waals surface area contributed by atoms with Gasteiger partial charge in [0, 0.05) is 6.61 Å². The van der Waals surface area contributed by atoms with Crippen LogP contribution in [0.2, 0.25) is 0 Å². The average molecular weight is 312 g/mol. The van der Waals surface area contributed by atoms with Gasteiger partial charge in [0.05, 0.1) is 25.3 Å². The Labute approximate surface area is 130 Å². The summed E-state index contributed by atoms with van der Waals surface area (Å²) in [5.74, 6) is 0. The van der Waals surface area contributed by atoms with Crippen molar-refractivity contribution in [1.82, 2.24) is 10.0 Å². The van der Waals surface area contributed by atoms with E-state index in [1.807, 2.05) is 6.08 Å². The van der Waals surface area contributed by atoms with E-state index in [1.165, 1.54) is 10.0 Å². The maximum Gasteiger partial charge on any atom is 0.429 e. The largest absolute Gasteiger partial charge is 0.448 e. The summed E-state index contributed by atoms with van der Waals surface area (Å²) in [6.45, 7) is 4.11. The minimum absolute atomic E-state index is 0.127. The Kier molecular flexibility index (Phi) is 5.65. The second-order valence-electron chi connectivity index (χ2n) is 5.27. The lowest BCUT2D eigenvalue weighted by molar-refractivity contribution is -0.0378. The monoisotopic (exact) mass is 312 g/mol. The number of unbranched alkanes of at least 4 members (excludes halogenated alkanes) is 1. The summed E-state index contributed by atoms with van der Waals surface area (Å²) >= 11 is 0. The number of aliphatic hydroxyl groups is 1. The Morgan fingerprint density at radius 1 is 1.14 bits per heavy atom. The first kappa shape index (κ1) is 16.6. The van der Waals surface area contributed by atoms with Gasteiger partial charge >= 0.3 is 12.2 Å². The van der Waals surface area contributed by atoms with Crippen molar-refractivity contribution < 1.29 is 24.2 Å². The average Bonchev–Trinajstić information content (AvgIpc) is 3.03. The van der Waals surface area contributed by atoms with Gasteiger partial charge in [-0.1, -0.05) is 6.08 Å². The molecule has 0 aromatic carbocycles. The van der Waals surface area contributed by atoms with Crippen LogP contribution in [0.3, 0.4) is 0 Å². The highest BCUT2D eigenvalue weighted by Crippen LogP contribution is 2.43. The van der Waals surface area contributed by atoms with Crippen LogP contribution in [-0.2, 0) is 9.47 Å². The summed E-state index contributed by atoms with van der Waals surface area (Å²) in [6.07, 6.45) is 4.01. The van der Waals surface area contributed by atoms with Crippen molar-refractivity contribution in [3.05, 3.63) is 11.6 Å². The van der Waals surface area contributed by atoms with Crippen LogP contribution >= 0.6 is 0 Å². The van der Waals surface area contributed by atoms with Gasteiger partial charge in [-0.25, -0.2) is 19.6 Å². The molecule has 1 saturated heterocycles. The molecule has 1 heterocycles. The topological polar surface area (TPSA) is 79.3 Å². The van der Waals surface area contributed by atoms with Gasteiger partial charge in [0.15, 0.2) is 0 Å². The number of nitrogens with zero attached hydrogens (tertiary/aromatic N) is 2. The molecular weight excluding hydrogens is 288 g/mol. The maximum absolute atomic E-state index is 12.2. The number of hydrazine groups is 1. The Balaban J connectivity index is 2.23. The van der Waals surface area contributed by atoms with Gasteiger partial charge in [0.1, 0.15) is 0 Å². The Bertz CT molecular complexity index is 417. The molecule has 124 valence electrons. The van der Waals surface area contributed by atoms with E-state index < -0.39 is 12.2 Å². The molecule has 2 fully saturated rings. The van der Waals surface area contributed by atoms with E-state index >= 15 is 0 Å². The van der Waals surface area contributed by atoms with E-state index in [-0.39, 0.29) is 31.9 Å². The third-order valence-corrected chi connectivity index (χ3v) is 3.96. The second-order valence-corrected chi connectivity index (χ2v) is 5.27. The lowest BCUT2D eigenvalue weighted by atomic mass is 10.1. The fraction of sp³-hybridized carbons (Fsp3) is 0.733. The number of aliphatic hydroxyl groups excluding tert-OH is 1. The summed E-state index contributed by atoms with van der Waals surface area (Å²) in [7, 11) is 0. The second kappa shape index (κ2) is 7.49. The van der Waals surface area contributed by atoms with Crippen molar-refractivity contribution in [2.45, 2.75) is 51.6 Å². The summed E-state index contributed by atoms with van der Waals surface area (Å²) in [5, 5.41) is 11.7. The van der Waals surface area contributed by atoms with Crippen molar-refractivity contribution in [3.8, 4) is 0 Å². The highest BCUT2D eigenvalue weighted by molar-refractivity contribution is 5.77. The molecule has 1 aliphatic heterocycles. The van der Waals surface area contributed by atoms with Crippen molar-refractivity contribution in [2.24, 2.45) is 0 Å². The molecule has 2 amide bonds.